The van der Waals surface area contributed by atoms with Crippen LogP contribution in [-0.2, 0) is 17.8 Å². The lowest BCUT2D eigenvalue weighted by Gasteiger charge is -2.23. The Bertz CT molecular complexity index is 1230. The molecule has 158 valence electrons. The molecule has 0 spiro atoms. The Morgan fingerprint density at radius 1 is 1.19 bits per heavy atom. The van der Waals surface area contributed by atoms with Crippen LogP contribution in [0.15, 0.2) is 59.1 Å². The second-order valence-corrected chi connectivity index (χ2v) is 8.38. The maximum atomic E-state index is 13.2. The van der Waals surface area contributed by atoms with Crippen LogP contribution >= 0.6 is 11.6 Å². The van der Waals surface area contributed by atoms with Crippen molar-refractivity contribution < 1.29 is 9.21 Å². The number of carbonyl (C=O) groups is 1. The first-order valence-corrected chi connectivity index (χ1v) is 10.9. The molecule has 4 aromatic rings. The van der Waals surface area contributed by atoms with Gasteiger partial charge in [-0.2, -0.15) is 0 Å². The summed E-state index contributed by atoms with van der Waals surface area (Å²) in [6, 6.07) is 15.5. The van der Waals surface area contributed by atoms with Gasteiger partial charge >= 0.3 is 0 Å². The van der Waals surface area contributed by atoms with E-state index in [9.17, 15) is 4.79 Å². The molecule has 1 fully saturated rings. The Hall–Kier alpha value is -3.12. The fourth-order valence-electron chi connectivity index (χ4n) is 4.31. The van der Waals surface area contributed by atoms with Crippen molar-refractivity contribution in [3.63, 3.8) is 0 Å². The number of amides is 1. The molecule has 0 N–H and O–H groups in total. The third-order valence-electron chi connectivity index (χ3n) is 5.86. The Labute approximate surface area is 185 Å². The standard InChI is InChI=1S/C24H23ClN4O2/c1-16-27-20-5-2-3-6-21(20)29(16)15-23(30)28-12-4-7-22(28)24-26-14-19(31-24)13-17-8-10-18(25)11-9-17/h2-3,5-6,8-11,14,22H,4,7,12-13,15H2,1H3/t22-/m0/s1. The van der Waals surface area contributed by atoms with Crippen LogP contribution in [0.2, 0.25) is 5.02 Å². The SMILES string of the molecule is Cc1nc2ccccc2n1CC(=O)N1CCC[C@H]1c1ncc(Cc2ccc(Cl)cc2)o1. The molecule has 5 rings (SSSR count). The first-order valence-electron chi connectivity index (χ1n) is 10.5. The molecule has 1 atom stereocenters. The monoisotopic (exact) mass is 434 g/mol. The molecule has 1 saturated heterocycles. The van der Waals surface area contributed by atoms with Gasteiger partial charge in [-0.25, -0.2) is 9.97 Å². The van der Waals surface area contributed by atoms with E-state index in [2.05, 4.69) is 9.97 Å². The van der Waals surface area contributed by atoms with Crippen molar-refractivity contribution in [2.24, 2.45) is 0 Å². The summed E-state index contributed by atoms with van der Waals surface area (Å²) in [6.45, 7) is 2.91. The van der Waals surface area contributed by atoms with E-state index in [1.54, 1.807) is 6.20 Å². The predicted molar refractivity (Wildman–Crippen MR) is 119 cm³/mol. The summed E-state index contributed by atoms with van der Waals surface area (Å²) in [7, 11) is 0. The van der Waals surface area contributed by atoms with E-state index in [1.165, 1.54) is 0 Å². The van der Waals surface area contributed by atoms with Crippen LogP contribution in [0, 0.1) is 6.92 Å². The van der Waals surface area contributed by atoms with Crippen molar-refractivity contribution in [1.82, 2.24) is 19.4 Å². The van der Waals surface area contributed by atoms with E-state index in [4.69, 9.17) is 16.0 Å². The lowest BCUT2D eigenvalue weighted by atomic mass is 10.1. The van der Waals surface area contributed by atoms with Crippen molar-refractivity contribution in [3.05, 3.63) is 82.8 Å². The molecule has 1 aliphatic heterocycles. The molecule has 7 heteroatoms. The number of nitrogens with zero attached hydrogens (tertiary/aromatic N) is 4. The smallest absolute Gasteiger partial charge is 0.243 e. The van der Waals surface area contributed by atoms with E-state index < -0.39 is 0 Å². The van der Waals surface area contributed by atoms with Crippen LogP contribution in [-0.4, -0.2) is 31.9 Å². The summed E-state index contributed by atoms with van der Waals surface area (Å²) in [6.07, 6.45) is 4.20. The van der Waals surface area contributed by atoms with Crippen LogP contribution in [0.1, 0.15) is 41.9 Å². The molecule has 1 aliphatic rings. The molecule has 0 bridgehead atoms. The Balaban J connectivity index is 1.32. The molecule has 2 aromatic heterocycles. The van der Waals surface area contributed by atoms with Gasteiger partial charge in [0.25, 0.3) is 0 Å². The number of hydrogen-bond donors (Lipinski definition) is 0. The fraction of sp³-hybridized carbons (Fsp3) is 0.292. The number of imidazole rings is 1. The molecular weight excluding hydrogens is 412 g/mol. The van der Waals surface area contributed by atoms with Gasteiger partial charge in [0, 0.05) is 18.0 Å². The van der Waals surface area contributed by atoms with Gasteiger partial charge in [-0.05, 0) is 49.6 Å². The van der Waals surface area contributed by atoms with Gasteiger partial charge < -0.3 is 13.9 Å². The molecule has 0 aliphatic carbocycles. The average Bonchev–Trinajstić information content (AvgIpc) is 3.49. The zero-order valence-electron chi connectivity index (χ0n) is 17.3. The summed E-state index contributed by atoms with van der Waals surface area (Å²) in [4.78, 5) is 24.2. The molecule has 31 heavy (non-hydrogen) atoms. The molecule has 3 heterocycles. The lowest BCUT2D eigenvalue weighted by molar-refractivity contribution is -0.133. The summed E-state index contributed by atoms with van der Waals surface area (Å²) in [5.74, 6) is 2.30. The molecule has 0 unspecified atom stereocenters. The number of rotatable bonds is 5. The van der Waals surface area contributed by atoms with E-state index in [0.29, 0.717) is 23.9 Å². The number of carbonyl (C=O) groups excluding carboxylic acids is 1. The van der Waals surface area contributed by atoms with Gasteiger partial charge in [0.05, 0.1) is 17.2 Å². The first kappa shape index (κ1) is 19.8. The minimum absolute atomic E-state index is 0.0613. The van der Waals surface area contributed by atoms with E-state index in [-0.39, 0.29) is 18.5 Å². The summed E-state index contributed by atoms with van der Waals surface area (Å²) >= 11 is 5.96. The number of halogens is 1. The largest absolute Gasteiger partial charge is 0.443 e. The number of para-hydroxylation sites is 2. The highest BCUT2D eigenvalue weighted by atomic mass is 35.5. The number of fused-ring (bicyclic) bond motifs is 1. The van der Waals surface area contributed by atoms with Crippen LogP contribution < -0.4 is 0 Å². The number of oxazole rings is 1. The lowest BCUT2D eigenvalue weighted by Crippen LogP contribution is -2.33. The van der Waals surface area contributed by atoms with Gasteiger partial charge in [0.2, 0.25) is 11.8 Å². The van der Waals surface area contributed by atoms with Gasteiger partial charge in [-0.1, -0.05) is 35.9 Å². The quantitative estimate of drug-likeness (QED) is 0.446. The van der Waals surface area contributed by atoms with Crippen LogP contribution in [0.25, 0.3) is 11.0 Å². The second-order valence-electron chi connectivity index (χ2n) is 7.95. The maximum absolute atomic E-state index is 13.2. The van der Waals surface area contributed by atoms with Crippen molar-refractivity contribution in [2.75, 3.05) is 6.54 Å². The van der Waals surface area contributed by atoms with Gasteiger partial charge in [0.15, 0.2) is 0 Å². The van der Waals surface area contributed by atoms with Crippen LogP contribution in [0.4, 0.5) is 0 Å². The van der Waals surface area contributed by atoms with E-state index in [1.807, 2.05) is 64.9 Å². The number of hydrogen-bond acceptors (Lipinski definition) is 4. The third kappa shape index (κ3) is 3.95. The normalized spacial score (nSPS) is 16.3. The van der Waals surface area contributed by atoms with E-state index >= 15 is 0 Å². The molecule has 1 amide bonds. The van der Waals surface area contributed by atoms with Gasteiger partial charge in [-0.15, -0.1) is 0 Å². The zero-order chi connectivity index (χ0) is 21.4. The number of benzene rings is 2. The molecule has 0 saturated carbocycles. The molecule has 0 radical (unpaired) electrons. The average molecular weight is 435 g/mol. The Morgan fingerprint density at radius 2 is 2.00 bits per heavy atom. The number of likely N-dealkylation sites (tertiary alicyclic amines) is 1. The highest BCUT2D eigenvalue weighted by Gasteiger charge is 2.33. The van der Waals surface area contributed by atoms with Crippen molar-refractivity contribution in [1.29, 1.82) is 0 Å². The fourth-order valence-corrected chi connectivity index (χ4v) is 4.43. The van der Waals surface area contributed by atoms with E-state index in [0.717, 1.165) is 41.0 Å². The van der Waals surface area contributed by atoms with Crippen molar-refractivity contribution >= 4 is 28.5 Å². The highest BCUT2D eigenvalue weighted by Crippen LogP contribution is 2.32. The maximum Gasteiger partial charge on any atom is 0.243 e. The Morgan fingerprint density at radius 3 is 2.84 bits per heavy atom. The zero-order valence-corrected chi connectivity index (χ0v) is 18.0. The van der Waals surface area contributed by atoms with Gasteiger partial charge in [-0.3, -0.25) is 4.79 Å². The van der Waals surface area contributed by atoms with Gasteiger partial charge in [0.1, 0.15) is 24.2 Å². The van der Waals surface area contributed by atoms with Crippen molar-refractivity contribution in [3.8, 4) is 0 Å². The topological polar surface area (TPSA) is 64.2 Å². The second kappa shape index (κ2) is 8.19. The van der Waals surface area contributed by atoms with Crippen molar-refractivity contribution in [2.45, 2.75) is 38.8 Å². The summed E-state index contributed by atoms with van der Waals surface area (Å²) < 4.78 is 8.03. The molecule has 2 aromatic carbocycles. The summed E-state index contributed by atoms with van der Waals surface area (Å²) in [5.41, 5.74) is 2.99. The third-order valence-corrected chi connectivity index (χ3v) is 6.11. The molecule has 6 nitrogen and oxygen atoms in total. The molecular formula is C24H23ClN4O2. The van der Waals surface area contributed by atoms with Crippen LogP contribution in [0.5, 0.6) is 0 Å². The highest BCUT2D eigenvalue weighted by molar-refractivity contribution is 6.30. The Kier molecular flexibility index (Phi) is 5.24. The number of aromatic nitrogens is 3. The minimum atomic E-state index is -0.124. The van der Waals surface area contributed by atoms with Crippen LogP contribution in [0.3, 0.4) is 0 Å². The summed E-state index contributed by atoms with van der Waals surface area (Å²) in [5, 5.41) is 0.711. The number of aryl methyl sites for hydroxylation is 1. The minimum Gasteiger partial charge on any atom is -0.443 e. The first-order chi connectivity index (χ1) is 15.1. The predicted octanol–water partition coefficient (Wildman–Crippen LogP) is 4.94.